The molecule has 1 aromatic rings. The van der Waals surface area contributed by atoms with Gasteiger partial charge < -0.3 is 15.5 Å². The first kappa shape index (κ1) is 13.4. The van der Waals surface area contributed by atoms with Crippen LogP contribution in [0.5, 0.6) is 5.75 Å². The third-order valence-corrected chi connectivity index (χ3v) is 2.22. The van der Waals surface area contributed by atoms with Crippen molar-refractivity contribution in [3.05, 3.63) is 29.3 Å². The van der Waals surface area contributed by atoms with Gasteiger partial charge in [0, 0.05) is 0 Å². The second kappa shape index (κ2) is 5.09. The Morgan fingerprint density at radius 2 is 2.12 bits per heavy atom. The quantitative estimate of drug-likeness (QED) is 0.742. The van der Waals surface area contributed by atoms with Crippen molar-refractivity contribution >= 4 is 5.91 Å². The summed E-state index contributed by atoms with van der Waals surface area (Å²) in [7, 11) is 0. The molecule has 1 rings (SSSR count). The first-order chi connectivity index (χ1) is 7.87. The first-order valence-electron chi connectivity index (χ1n) is 4.93. The number of amides is 1. The van der Waals surface area contributed by atoms with E-state index in [1.807, 2.05) is 5.32 Å². The summed E-state index contributed by atoms with van der Waals surface area (Å²) in [4.78, 5) is 11.5. The van der Waals surface area contributed by atoms with Gasteiger partial charge in [-0.15, -0.1) is 0 Å². The van der Waals surface area contributed by atoms with E-state index in [1.54, 1.807) is 13.0 Å². The highest BCUT2D eigenvalue weighted by molar-refractivity contribution is 5.97. The Bertz CT molecular complexity index is 421. The molecule has 0 aliphatic heterocycles. The average Bonchev–Trinajstić information content (AvgIpc) is 2.30. The molecule has 94 valence electrons. The fraction of sp³-hybridized carbons (Fsp3) is 0.364. The fourth-order valence-electron chi connectivity index (χ4n) is 1.20. The summed E-state index contributed by atoms with van der Waals surface area (Å²) in [5.74, 6) is -4.41. The van der Waals surface area contributed by atoms with Gasteiger partial charge in [-0.05, 0) is 18.6 Å². The molecule has 0 heterocycles. The minimum absolute atomic E-state index is 0.0706. The van der Waals surface area contributed by atoms with Gasteiger partial charge >= 0.3 is 0 Å². The van der Waals surface area contributed by atoms with Crippen LogP contribution in [0.3, 0.4) is 0 Å². The Labute approximate surface area is 96.9 Å². The lowest BCUT2D eigenvalue weighted by Crippen LogP contribution is -2.39. The monoisotopic (exact) mass is 245 g/mol. The molecule has 0 radical (unpaired) electrons. The van der Waals surface area contributed by atoms with Crippen molar-refractivity contribution in [1.29, 1.82) is 0 Å². The number of aryl methyl sites for hydroxylation is 1. The number of hydrogen-bond donors (Lipinski definition) is 3. The molecule has 1 amide bonds. The molecule has 3 N–H and O–H groups in total. The molecule has 0 fully saturated rings. The number of phenols is 1. The fourth-order valence-corrected chi connectivity index (χ4v) is 1.20. The predicted octanol–water partition coefficient (Wildman–Crippen LogP) is 1.06. The van der Waals surface area contributed by atoms with E-state index in [9.17, 15) is 18.7 Å². The Kier molecular flexibility index (Phi) is 4.01. The SMILES string of the molecule is Cc1cccc(C(=O)NCC(F)(F)CO)c1O. The summed E-state index contributed by atoms with van der Waals surface area (Å²) < 4.78 is 25.4. The number of phenolic OH excluding ortho intramolecular Hbond substituents is 1. The Hall–Kier alpha value is -1.69. The van der Waals surface area contributed by atoms with Crippen LogP contribution in [0, 0.1) is 6.92 Å². The number of aromatic hydroxyl groups is 1. The largest absolute Gasteiger partial charge is 0.507 e. The summed E-state index contributed by atoms with van der Waals surface area (Å²) >= 11 is 0. The maximum absolute atomic E-state index is 12.7. The highest BCUT2D eigenvalue weighted by atomic mass is 19.3. The maximum Gasteiger partial charge on any atom is 0.287 e. The zero-order chi connectivity index (χ0) is 13.1. The molecular weight excluding hydrogens is 232 g/mol. The molecule has 0 saturated carbocycles. The van der Waals surface area contributed by atoms with Gasteiger partial charge in [0.1, 0.15) is 12.4 Å². The Morgan fingerprint density at radius 1 is 1.47 bits per heavy atom. The topological polar surface area (TPSA) is 69.6 Å². The molecule has 0 aliphatic carbocycles. The molecule has 6 heteroatoms. The van der Waals surface area contributed by atoms with Gasteiger partial charge in [0.05, 0.1) is 12.1 Å². The van der Waals surface area contributed by atoms with E-state index >= 15 is 0 Å². The number of aliphatic hydroxyl groups excluding tert-OH is 1. The number of benzene rings is 1. The molecule has 0 bridgehead atoms. The summed E-state index contributed by atoms with van der Waals surface area (Å²) in [6.45, 7) is -0.725. The predicted molar refractivity (Wildman–Crippen MR) is 57.2 cm³/mol. The van der Waals surface area contributed by atoms with Crippen LogP contribution >= 0.6 is 0 Å². The van der Waals surface area contributed by atoms with Crippen molar-refractivity contribution in [3.8, 4) is 5.75 Å². The number of carbonyl (C=O) groups excluding carboxylic acids is 1. The van der Waals surface area contributed by atoms with Crippen LogP contribution < -0.4 is 5.32 Å². The van der Waals surface area contributed by atoms with Gasteiger partial charge in [-0.1, -0.05) is 12.1 Å². The van der Waals surface area contributed by atoms with Crippen molar-refractivity contribution in [2.75, 3.05) is 13.2 Å². The standard InChI is InChI=1S/C11H13F2NO3/c1-7-3-2-4-8(9(7)16)10(17)14-5-11(12,13)6-15/h2-4,15-16H,5-6H2,1H3,(H,14,17). The second-order valence-electron chi connectivity index (χ2n) is 3.67. The second-order valence-corrected chi connectivity index (χ2v) is 3.67. The molecule has 1 aromatic carbocycles. The number of aliphatic hydroxyl groups is 1. The van der Waals surface area contributed by atoms with Crippen LogP contribution in [0.25, 0.3) is 0 Å². The molecule has 0 unspecified atom stereocenters. The molecule has 0 atom stereocenters. The molecule has 17 heavy (non-hydrogen) atoms. The molecule has 0 aromatic heterocycles. The highest BCUT2D eigenvalue weighted by Gasteiger charge is 2.28. The zero-order valence-corrected chi connectivity index (χ0v) is 9.20. The van der Waals surface area contributed by atoms with Crippen LogP contribution in [0.4, 0.5) is 8.78 Å². The van der Waals surface area contributed by atoms with E-state index in [2.05, 4.69) is 0 Å². The van der Waals surface area contributed by atoms with Gasteiger partial charge in [0.25, 0.3) is 11.8 Å². The third kappa shape index (κ3) is 3.39. The molecule has 0 saturated heterocycles. The van der Waals surface area contributed by atoms with Crippen LogP contribution in [0.1, 0.15) is 15.9 Å². The van der Waals surface area contributed by atoms with Crippen molar-refractivity contribution in [2.45, 2.75) is 12.8 Å². The number of rotatable bonds is 4. The van der Waals surface area contributed by atoms with E-state index in [0.29, 0.717) is 5.56 Å². The van der Waals surface area contributed by atoms with Crippen LogP contribution in [0.2, 0.25) is 0 Å². The summed E-state index contributed by atoms with van der Waals surface area (Å²) in [5.41, 5.74) is 0.408. The molecule has 4 nitrogen and oxygen atoms in total. The summed E-state index contributed by atoms with van der Waals surface area (Å²) in [5, 5.41) is 19.8. The van der Waals surface area contributed by atoms with Crippen molar-refractivity contribution in [1.82, 2.24) is 5.32 Å². The van der Waals surface area contributed by atoms with Crippen molar-refractivity contribution < 1.29 is 23.8 Å². The van der Waals surface area contributed by atoms with Gasteiger partial charge in [-0.25, -0.2) is 8.78 Å². The van der Waals surface area contributed by atoms with E-state index in [1.165, 1.54) is 12.1 Å². The minimum Gasteiger partial charge on any atom is -0.507 e. The summed E-state index contributed by atoms with van der Waals surface area (Å²) in [6, 6.07) is 4.46. The average molecular weight is 245 g/mol. The van der Waals surface area contributed by atoms with Crippen LogP contribution in [-0.2, 0) is 0 Å². The number of nitrogens with one attached hydrogen (secondary N) is 1. The number of halogens is 2. The zero-order valence-electron chi connectivity index (χ0n) is 9.20. The van der Waals surface area contributed by atoms with Gasteiger partial charge in [0.15, 0.2) is 0 Å². The van der Waals surface area contributed by atoms with Crippen molar-refractivity contribution in [2.24, 2.45) is 0 Å². The normalized spacial score (nSPS) is 11.3. The van der Waals surface area contributed by atoms with E-state index in [0.717, 1.165) is 0 Å². The van der Waals surface area contributed by atoms with E-state index in [-0.39, 0.29) is 11.3 Å². The molecule has 0 spiro atoms. The van der Waals surface area contributed by atoms with Gasteiger partial charge in [-0.2, -0.15) is 0 Å². The van der Waals surface area contributed by atoms with Crippen LogP contribution in [-0.4, -0.2) is 35.2 Å². The first-order valence-corrected chi connectivity index (χ1v) is 4.93. The number of carbonyl (C=O) groups is 1. The maximum atomic E-state index is 12.7. The number of para-hydroxylation sites is 1. The van der Waals surface area contributed by atoms with Gasteiger partial charge in [-0.3, -0.25) is 4.79 Å². The number of hydrogen-bond acceptors (Lipinski definition) is 3. The Morgan fingerprint density at radius 3 is 2.71 bits per heavy atom. The molecule has 0 aliphatic rings. The number of alkyl halides is 2. The van der Waals surface area contributed by atoms with E-state index < -0.39 is 25.0 Å². The lowest BCUT2D eigenvalue weighted by Gasteiger charge is -2.14. The molecular formula is C11H13F2NO3. The lowest BCUT2D eigenvalue weighted by atomic mass is 10.1. The minimum atomic E-state index is -3.37. The summed E-state index contributed by atoms with van der Waals surface area (Å²) in [6.07, 6.45) is 0. The van der Waals surface area contributed by atoms with Crippen LogP contribution in [0.15, 0.2) is 18.2 Å². The smallest absolute Gasteiger partial charge is 0.287 e. The lowest BCUT2D eigenvalue weighted by molar-refractivity contribution is -0.0462. The third-order valence-electron chi connectivity index (χ3n) is 2.22. The van der Waals surface area contributed by atoms with E-state index in [4.69, 9.17) is 5.11 Å². The van der Waals surface area contributed by atoms with Crippen molar-refractivity contribution in [3.63, 3.8) is 0 Å². The Balaban J connectivity index is 2.74. The van der Waals surface area contributed by atoms with Gasteiger partial charge in [0.2, 0.25) is 0 Å². The highest BCUT2D eigenvalue weighted by Crippen LogP contribution is 2.21.